The average Bonchev–Trinajstić information content (AvgIpc) is 2.60. The van der Waals surface area contributed by atoms with Crippen molar-refractivity contribution in [3.8, 4) is 0 Å². The van der Waals surface area contributed by atoms with E-state index in [-0.39, 0.29) is 23.3 Å². The second-order valence-electron chi connectivity index (χ2n) is 7.31. The Morgan fingerprint density at radius 1 is 1.00 bits per heavy atom. The van der Waals surface area contributed by atoms with Crippen LogP contribution in [0.4, 0.5) is 5.69 Å². The third-order valence-corrected chi connectivity index (χ3v) is 6.01. The van der Waals surface area contributed by atoms with Gasteiger partial charge in [0.2, 0.25) is 5.91 Å². The van der Waals surface area contributed by atoms with Crippen molar-refractivity contribution in [2.24, 2.45) is 5.92 Å². The Labute approximate surface area is 162 Å². The van der Waals surface area contributed by atoms with Crippen LogP contribution in [-0.2, 0) is 14.8 Å². The lowest BCUT2D eigenvalue weighted by Crippen LogP contribution is -2.42. The molecular formula is C21H28N2O3S. The smallest absolute Gasteiger partial charge is 0.264 e. The molecule has 5 nitrogen and oxygen atoms in total. The van der Waals surface area contributed by atoms with Crippen molar-refractivity contribution in [2.45, 2.75) is 39.5 Å². The minimum atomic E-state index is -3.87. The van der Waals surface area contributed by atoms with Gasteiger partial charge in [-0.05, 0) is 56.0 Å². The van der Waals surface area contributed by atoms with Crippen molar-refractivity contribution in [3.05, 3.63) is 59.2 Å². The fraction of sp³-hybridized carbons (Fsp3) is 0.381. The molecule has 1 N–H and O–H groups in total. The van der Waals surface area contributed by atoms with Gasteiger partial charge >= 0.3 is 0 Å². The molecule has 0 heterocycles. The summed E-state index contributed by atoms with van der Waals surface area (Å²) in [6.45, 7) is 9.88. The largest absolute Gasteiger partial charge is 0.354 e. The van der Waals surface area contributed by atoms with Gasteiger partial charge < -0.3 is 5.32 Å². The number of anilines is 1. The normalized spacial score (nSPS) is 11.5. The lowest BCUT2D eigenvalue weighted by Gasteiger charge is -2.26. The summed E-state index contributed by atoms with van der Waals surface area (Å²) >= 11 is 0. The van der Waals surface area contributed by atoms with Crippen LogP contribution in [0.15, 0.2) is 47.4 Å². The first kappa shape index (κ1) is 21.0. The van der Waals surface area contributed by atoms with Crippen LogP contribution < -0.4 is 9.62 Å². The zero-order valence-corrected chi connectivity index (χ0v) is 17.4. The molecule has 2 rings (SSSR count). The van der Waals surface area contributed by atoms with Crippen molar-refractivity contribution in [2.75, 3.05) is 17.4 Å². The Kier molecular flexibility index (Phi) is 6.65. The van der Waals surface area contributed by atoms with Crippen LogP contribution in [0.1, 0.15) is 30.5 Å². The van der Waals surface area contributed by atoms with Gasteiger partial charge in [0.25, 0.3) is 10.0 Å². The highest BCUT2D eigenvalue weighted by molar-refractivity contribution is 7.92. The summed E-state index contributed by atoms with van der Waals surface area (Å²) in [6, 6.07) is 12.3. The summed E-state index contributed by atoms with van der Waals surface area (Å²) in [4.78, 5) is 12.6. The second-order valence-corrected chi connectivity index (χ2v) is 9.17. The predicted octanol–water partition coefficient (Wildman–Crippen LogP) is 3.58. The molecule has 6 heteroatoms. The van der Waals surface area contributed by atoms with Crippen LogP contribution in [0.3, 0.4) is 0 Å². The minimum absolute atomic E-state index is 0.172. The Balaban J connectivity index is 2.47. The van der Waals surface area contributed by atoms with E-state index >= 15 is 0 Å². The molecule has 0 spiro atoms. The van der Waals surface area contributed by atoms with Crippen molar-refractivity contribution in [1.82, 2.24) is 5.32 Å². The first-order valence-electron chi connectivity index (χ1n) is 9.04. The van der Waals surface area contributed by atoms with Gasteiger partial charge in [-0.3, -0.25) is 9.10 Å². The molecular weight excluding hydrogens is 360 g/mol. The van der Waals surface area contributed by atoms with E-state index in [9.17, 15) is 13.2 Å². The molecule has 0 unspecified atom stereocenters. The number of carbonyl (C=O) groups excluding carboxylic acids is 1. The minimum Gasteiger partial charge on any atom is -0.354 e. The number of sulfonamides is 1. The van der Waals surface area contributed by atoms with Gasteiger partial charge in [-0.2, -0.15) is 0 Å². The molecule has 2 aromatic rings. The molecule has 146 valence electrons. The van der Waals surface area contributed by atoms with E-state index in [0.29, 0.717) is 12.2 Å². The molecule has 0 bridgehead atoms. The van der Waals surface area contributed by atoms with E-state index in [0.717, 1.165) is 16.7 Å². The Bertz CT molecular complexity index is 904. The monoisotopic (exact) mass is 388 g/mol. The van der Waals surface area contributed by atoms with Crippen LogP contribution in [0.2, 0.25) is 0 Å². The number of hydrogen-bond acceptors (Lipinski definition) is 3. The van der Waals surface area contributed by atoms with Gasteiger partial charge in [0.05, 0.1) is 10.6 Å². The summed E-state index contributed by atoms with van der Waals surface area (Å²) in [5, 5.41) is 2.80. The molecule has 0 aliphatic heterocycles. The summed E-state index contributed by atoms with van der Waals surface area (Å²) in [5.74, 6) is -0.0305. The number of aryl methyl sites for hydroxylation is 3. The van der Waals surface area contributed by atoms with Gasteiger partial charge in [0.15, 0.2) is 0 Å². The van der Waals surface area contributed by atoms with Gasteiger partial charge in [0.1, 0.15) is 6.54 Å². The number of amides is 1. The van der Waals surface area contributed by atoms with E-state index in [1.807, 2.05) is 46.8 Å². The molecule has 27 heavy (non-hydrogen) atoms. The molecule has 0 aromatic heterocycles. The fourth-order valence-electron chi connectivity index (χ4n) is 2.63. The van der Waals surface area contributed by atoms with Crippen LogP contribution in [0.25, 0.3) is 0 Å². The number of nitrogens with one attached hydrogen (secondary N) is 1. The van der Waals surface area contributed by atoms with Crippen molar-refractivity contribution < 1.29 is 13.2 Å². The van der Waals surface area contributed by atoms with E-state index in [1.54, 1.807) is 30.3 Å². The highest BCUT2D eigenvalue weighted by Crippen LogP contribution is 2.28. The summed E-state index contributed by atoms with van der Waals surface area (Å²) in [6.07, 6.45) is 0. The molecule has 2 aromatic carbocycles. The zero-order valence-electron chi connectivity index (χ0n) is 16.6. The highest BCUT2D eigenvalue weighted by atomic mass is 32.2. The fourth-order valence-corrected chi connectivity index (χ4v) is 4.11. The molecule has 0 aliphatic rings. The molecule has 0 fully saturated rings. The topological polar surface area (TPSA) is 66.5 Å². The van der Waals surface area contributed by atoms with E-state index in [4.69, 9.17) is 0 Å². The van der Waals surface area contributed by atoms with Crippen LogP contribution >= 0.6 is 0 Å². The van der Waals surface area contributed by atoms with Gasteiger partial charge in [0, 0.05) is 6.54 Å². The Morgan fingerprint density at radius 3 is 2.19 bits per heavy atom. The molecule has 0 saturated carbocycles. The maximum Gasteiger partial charge on any atom is 0.264 e. The average molecular weight is 389 g/mol. The zero-order chi connectivity index (χ0) is 20.2. The number of nitrogens with zero attached hydrogens (tertiary/aromatic N) is 1. The maximum absolute atomic E-state index is 13.3. The van der Waals surface area contributed by atoms with Gasteiger partial charge in [-0.15, -0.1) is 0 Å². The Morgan fingerprint density at radius 2 is 1.59 bits per heavy atom. The van der Waals surface area contributed by atoms with Gasteiger partial charge in [-0.1, -0.05) is 43.7 Å². The van der Waals surface area contributed by atoms with E-state index < -0.39 is 10.0 Å². The Hall–Kier alpha value is -2.34. The van der Waals surface area contributed by atoms with Gasteiger partial charge in [-0.25, -0.2) is 8.42 Å². The van der Waals surface area contributed by atoms with Crippen LogP contribution in [-0.4, -0.2) is 27.4 Å². The maximum atomic E-state index is 13.3. The first-order valence-corrected chi connectivity index (χ1v) is 10.5. The molecule has 0 aliphatic carbocycles. The number of carbonyl (C=O) groups is 1. The molecule has 0 saturated heterocycles. The standard InChI is InChI=1S/C21H28N2O3S/c1-15(2)13-22-21(24)14-23(20-12-17(4)6-9-18(20)5)27(25,26)19-10-7-16(3)8-11-19/h6-12,15H,13-14H2,1-5H3,(H,22,24). The molecule has 0 atom stereocenters. The summed E-state index contributed by atoms with van der Waals surface area (Å²) < 4.78 is 27.9. The lowest BCUT2D eigenvalue weighted by molar-refractivity contribution is -0.119. The number of benzene rings is 2. The first-order chi connectivity index (χ1) is 12.6. The molecule has 0 radical (unpaired) electrons. The number of rotatable bonds is 7. The SMILES string of the molecule is Cc1ccc(S(=O)(=O)N(CC(=O)NCC(C)C)c2cc(C)ccc2C)cc1. The predicted molar refractivity (Wildman–Crippen MR) is 109 cm³/mol. The highest BCUT2D eigenvalue weighted by Gasteiger charge is 2.28. The second kappa shape index (κ2) is 8.57. The van der Waals surface area contributed by atoms with Crippen molar-refractivity contribution in [3.63, 3.8) is 0 Å². The number of hydrogen-bond donors (Lipinski definition) is 1. The van der Waals surface area contributed by atoms with Crippen LogP contribution in [0, 0.1) is 26.7 Å². The van der Waals surface area contributed by atoms with Crippen LogP contribution in [0.5, 0.6) is 0 Å². The summed E-state index contributed by atoms with van der Waals surface area (Å²) in [7, 11) is -3.87. The summed E-state index contributed by atoms with van der Waals surface area (Å²) in [5.41, 5.74) is 3.23. The molecule has 1 amide bonds. The quantitative estimate of drug-likeness (QED) is 0.788. The van der Waals surface area contributed by atoms with Crippen molar-refractivity contribution in [1.29, 1.82) is 0 Å². The van der Waals surface area contributed by atoms with Crippen molar-refractivity contribution >= 4 is 21.6 Å². The lowest BCUT2D eigenvalue weighted by atomic mass is 10.1. The third-order valence-electron chi connectivity index (χ3n) is 4.24. The third kappa shape index (κ3) is 5.32. The van der Waals surface area contributed by atoms with E-state index in [1.165, 1.54) is 4.31 Å². The van der Waals surface area contributed by atoms with E-state index in [2.05, 4.69) is 5.32 Å².